The van der Waals surface area contributed by atoms with E-state index in [0.29, 0.717) is 0 Å². The van der Waals surface area contributed by atoms with Crippen LogP contribution >= 0.6 is 23.4 Å². The summed E-state index contributed by atoms with van der Waals surface area (Å²) in [6, 6.07) is 4.02. The van der Waals surface area contributed by atoms with Crippen LogP contribution in [0.3, 0.4) is 0 Å². The molecule has 0 atom stereocenters. The van der Waals surface area contributed by atoms with E-state index in [1.165, 1.54) is 16.0 Å². The summed E-state index contributed by atoms with van der Waals surface area (Å²) in [6.07, 6.45) is 2.08. The van der Waals surface area contributed by atoms with Gasteiger partial charge in [-0.05, 0) is 43.4 Å². The Balaban J connectivity index is 3.25. The second kappa shape index (κ2) is 3.51. The van der Waals surface area contributed by atoms with Crippen molar-refractivity contribution < 1.29 is 0 Å². The van der Waals surface area contributed by atoms with Gasteiger partial charge in [0.2, 0.25) is 0 Å². The van der Waals surface area contributed by atoms with Crippen molar-refractivity contribution in [3.05, 3.63) is 28.3 Å². The van der Waals surface area contributed by atoms with Gasteiger partial charge in [0.1, 0.15) is 0 Å². The van der Waals surface area contributed by atoms with Gasteiger partial charge in [-0.25, -0.2) is 0 Å². The molecule has 0 bridgehead atoms. The average Bonchev–Trinajstić information content (AvgIpc) is 2.01. The van der Waals surface area contributed by atoms with Crippen LogP contribution in [-0.4, -0.2) is 6.26 Å². The zero-order valence-electron chi connectivity index (χ0n) is 6.94. The highest BCUT2D eigenvalue weighted by Crippen LogP contribution is 2.27. The van der Waals surface area contributed by atoms with Gasteiger partial charge in [0.05, 0.1) is 0 Å². The number of benzene rings is 1. The molecule has 1 rings (SSSR count). The normalized spacial score (nSPS) is 10.2. The molecule has 0 N–H and O–H groups in total. The van der Waals surface area contributed by atoms with Gasteiger partial charge in [-0.2, -0.15) is 0 Å². The monoisotopic (exact) mass is 186 g/mol. The van der Waals surface area contributed by atoms with Gasteiger partial charge in [-0.3, -0.25) is 0 Å². The van der Waals surface area contributed by atoms with Crippen LogP contribution < -0.4 is 0 Å². The smallest absolute Gasteiger partial charge is 0.0438 e. The molecule has 0 aliphatic carbocycles. The van der Waals surface area contributed by atoms with Crippen molar-refractivity contribution in [2.45, 2.75) is 18.7 Å². The van der Waals surface area contributed by atoms with Crippen LogP contribution in [0, 0.1) is 13.8 Å². The van der Waals surface area contributed by atoms with E-state index >= 15 is 0 Å². The van der Waals surface area contributed by atoms with Crippen molar-refractivity contribution in [2.24, 2.45) is 0 Å². The van der Waals surface area contributed by atoms with E-state index in [9.17, 15) is 0 Å². The Kier molecular flexibility index (Phi) is 2.85. The summed E-state index contributed by atoms with van der Waals surface area (Å²) in [5, 5.41) is 0.861. The molecular formula is C9H11ClS. The Labute approximate surface area is 77.0 Å². The van der Waals surface area contributed by atoms with E-state index in [1.807, 2.05) is 6.07 Å². The highest BCUT2D eigenvalue weighted by molar-refractivity contribution is 7.98. The van der Waals surface area contributed by atoms with Crippen molar-refractivity contribution in [1.29, 1.82) is 0 Å². The first-order valence-electron chi connectivity index (χ1n) is 3.46. The standard InChI is InChI=1S/C9H11ClS/c1-6-7(2)9(11-3)5-4-8(6)10/h4-5H,1-3H3. The number of thioether (sulfide) groups is 1. The molecule has 2 heteroatoms. The van der Waals surface area contributed by atoms with Gasteiger partial charge >= 0.3 is 0 Å². The van der Waals surface area contributed by atoms with E-state index in [4.69, 9.17) is 11.6 Å². The first kappa shape index (κ1) is 8.95. The second-order valence-corrected chi connectivity index (χ2v) is 3.75. The molecule has 0 spiro atoms. The highest BCUT2D eigenvalue weighted by Gasteiger charge is 2.02. The third kappa shape index (κ3) is 1.71. The molecule has 1 aromatic rings. The quantitative estimate of drug-likeness (QED) is 0.603. The van der Waals surface area contributed by atoms with Gasteiger partial charge in [0.15, 0.2) is 0 Å². The first-order chi connectivity index (χ1) is 5.16. The predicted molar refractivity (Wildman–Crippen MR) is 52.7 cm³/mol. The van der Waals surface area contributed by atoms with E-state index in [1.54, 1.807) is 11.8 Å². The average molecular weight is 187 g/mol. The zero-order chi connectivity index (χ0) is 8.43. The largest absolute Gasteiger partial charge is 0.129 e. The molecule has 1 aromatic carbocycles. The van der Waals surface area contributed by atoms with Crippen LogP contribution in [-0.2, 0) is 0 Å². The molecule has 0 saturated carbocycles. The molecule has 0 aliphatic heterocycles. The Morgan fingerprint density at radius 3 is 2.36 bits per heavy atom. The lowest BCUT2D eigenvalue weighted by Crippen LogP contribution is -1.84. The van der Waals surface area contributed by atoms with Crippen LogP contribution in [0.2, 0.25) is 5.02 Å². The minimum absolute atomic E-state index is 0.861. The molecular weight excluding hydrogens is 176 g/mol. The molecule has 0 aromatic heterocycles. The molecule has 0 radical (unpaired) electrons. The van der Waals surface area contributed by atoms with Crippen LogP contribution in [0.15, 0.2) is 17.0 Å². The summed E-state index contributed by atoms with van der Waals surface area (Å²) in [4.78, 5) is 1.31. The molecule has 0 aliphatic rings. The van der Waals surface area contributed by atoms with Gasteiger partial charge in [0, 0.05) is 9.92 Å². The summed E-state index contributed by atoms with van der Waals surface area (Å²) < 4.78 is 0. The maximum absolute atomic E-state index is 5.93. The fourth-order valence-corrected chi connectivity index (χ4v) is 1.85. The topological polar surface area (TPSA) is 0 Å². The van der Waals surface area contributed by atoms with Crippen molar-refractivity contribution >= 4 is 23.4 Å². The van der Waals surface area contributed by atoms with Gasteiger partial charge < -0.3 is 0 Å². The first-order valence-corrected chi connectivity index (χ1v) is 5.06. The van der Waals surface area contributed by atoms with Crippen molar-refractivity contribution in [1.82, 2.24) is 0 Å². The predicted octanol–water partition coefficient (Wildman–Crippen LogP) is 3.68. The van der Waals surface area contributed by atoms with Gasteiger partial charge in [-0.15, -0.1) is 11.8 Å². The fourth-order valence-electron chi connectivity index (χ4n) is 0.984. The van der Waals surface area contributed by atoms with Crippen LogP contribution in [0.4, 0.5) is 0 Å². The number of hydrogen-bond acceptors (Lipinski definition) is 1. The molecule has 0 amide bonds. The molecule has 0 unspecified atom stereocenters. The summed E-state index contributed by atoms with van der Waals surface area (Å²) >= 11 is 7.69. The van der Waals surface area contributed by atoms with E-state index in [-0.39, 0.29) is 0 Å². The Morgan fingerprint density at radius 1 is 1.18 bits per heavy atom. The van der Waals surface area contributed by atoms with Crippen molar-refractivity contribution in [3.63, 3.8) is 0 Å². The minimum Gasteiger partial charge on any atom is -0.129 e. The van der Waals surface area contributed by atoms with Gasteiger partial charge in [-0.1, -0.05) is 11.6 Å². The number of halogens is 1. The van der Waals surface area contributed by atoms with Crippen molar-refractivity contribution in [2.75, 3.05) is 6.26 Å². The maximum Gasteiger partial charge on any atom is 0.0438 e. The van der Waals surface area contributed by atoms with Crippen LogP contribution in [0.1, 0.15) is 11.1 Å². The lowest BCUT2D eigenvalue weighted by atomic mass is 10.1. The summed E-state index contributed by atoms with van der Waals surface area (Å²) in [7, 11) is 0. The zero-order valence-corrected chi connectivity index (χ0v) is 8.51. The number of hydrogen-bond donors (Lipinski definition) is 0. The lowest BCUT2D eigenvalue weighted by Gasteiger charge is -2.06. The van der Waals surface area contributed by atoms with Crippen LogP contribution in [0.5, 0.6) is 0 Å². The Hall–Kier alpha value is -0.140. The summed E-state index contributed by atoms with van der Waals surface area (Å²) in [6.45, 7) is 4.16. The molecule has 0 nitrogen and oxygen atoms in total. The van der Waals surface area contributed by atoms with Crippen molar-refractivity contribution in [3.8, 4) is 0 Å². The third-order valence-corrected chi connectivity index (χ3v) is 3.18. The van der Waals surface area contributed by atoms with E-state index in [0.717, 1.165) is 5.02 Å². The Bertz CT molecular complexity index is 269. The minimum atomic E-state index is 0.861. The molecule has 60 valence electrons. The number of rotatable bonds is 1. The molecule has 0 fully saturated rings. The van der Waals surface area contributed by atoms with E-state index < -0.39 is 0 Å². The summed E-state index contributed by atoms with van der Waals surface area (Å²) in [5.74, 6) is 0. The molecule has 0 saturated heterocycles. The lowest BCUT2D eigenvalue weighted by molar-refractivity contribution is 1.23. The van der Waals surface area contributed by atoms with E-state index in [2.05, 4.69) is 26.2 Å². The highest BCUT2D eigenvalue weighted by atomic mass is 35.5. The SMILES string of the molecule is CSc1ccc(Cl)c(C)c1C. The maximum atomic E-state index is 5.93. The Morgan fingerprint density at radius 2 is 1.82 bits per heavy atom. The summed E-state index contributed by atoms with van der Waals surface area (Å²) in [5.41, 5.74) is 2.49. The molecule has 0 heterocycles. The molecule has 11 heavy (non-hydrogen) atoms. The third-order valence-electron chi connectivity index (χ3n) is 1.89. The van der Waals surface area contributed by atoms with Gasteiger partial charge in [0.25, 0.3) is 0 Å². The van der Waals surface area contributed by atoms with Crippen LogP contribution in [0.25, 0.3) is 0 Å². The second-order valence-electron chi connectivity index (χ2n) is 2.50. The fraction of sp³-hybridized carbons (Fsp3) is 0.333.